The van der Waals surface area contributed by atoms with Gasteiger partial charge in [0.15, 0.2) is 5.96 Å². The molecular weight excluding hydrogens is 318 g/mol. The first-order chi connectivity index (χ1) is 11.6. The van der Waals surface area contributed by atoms with Crippen molar-refractivity contribution < 1.29 is 4.74 Å². The van der Waals surface area contributed by atoms with E-state index in [2.05, 4.69) is 37.2 Å². The topological polar surface area (TPSA) is 36.9 Å². The lowest BCUT2D eigenvalue weighted by Crippen LogP contribution is -2.50. The van der Waals surface area contributed by atoms with Crippen LogP contribution in [0.1, 0.15) is 59.3 Å². The Kier molecular flexibility index (Phi) is 7.73. The molecule has 24 heavy (non-hydrogen) atoms. The predicted octanol–water partition coefficient (Wildman–Crippen LogP) is 3.77. The molecule has 0 aromatic carbocycles. The van der Waals surface area contributed by atoms with E-state index in [1.807, 2.05) is 11.8 Å². The summed E-state index contributed by atoms with van der Waals surface area (Å²) in [5.41, 5.74) is 0.444. The van der Waals surface area contributed by atoms with Gasteiger partial charge in [-0.15, -0.1) is 0 Å². The highest BCUT2D eigenvalue weighted by Crippen LogP contribution is 2.35. The number of ether oxygens (including phenoxy) is 1. The minimum Gasteiger partial charge on any atom is -0.381 e. The molecule has 2 heterocycles. The molecule has 0 aliphatic carbocycles. The van der Waals surface area contributed by atoms with E-state index in [-0.39, 0.29) is 4.75 Å². The summed E-state index contributed by atoms with van der Waals surface area (Å²) in [5.74, 6) is 1.12. The normalized spacial score (nSPS) is 28.0. The predicted molar refractivity (Wildman–Crippen MR) is 106 cm³/mol. The highest BCUT2D eigenvalue weighted by atomic mass is 32.2. The van der Waals surface area contributed by atoms with Crippen molar-refractivity contribution in [2.24, 2.45) is 10.4 Å². The van der Waals surface area contributed by atoms with Crippen molar-refractivity contribution in [3.63, 3.8) is 0 Å². The molecule has 2 rings (SSSR count). The smallest absolute Gasteiger partial charge is 0.193 e. The summed E-state index contributed by atoms with van der Waals surface area (Å²) in [6, 6.07) is 0. The summed E-state index contributed by atoms with van der Waals surface area (Å²) in [6.07, 6.45) is 9.68. The van der Waals surface area contributed by atoms with Crippen LogP contribution < -0.4 is 5.32 Å². The van der Waals surface area contributed by atoms with Crippen LogP contribution in [0.4, 0.5) is 0 Å². The molecular formula is C19H37N3OS. The fourth-order valence-electron chi connectivity index (χ4n) is 4.12. The van der Waals surface area contributed by atoms with Gasteiger partial charge in [0.1, 0.15) is 0 Å². The molecule has 0 bridgehead atoms. The lowest BCUT2D eigenvalue weighted by molar-refractivity contribution is 0.0792. The Bertz CT molecular complexity index is 405. The van der Waals surface area contributed by atoms with E-state index in [1.54, 1.807) is 0 Å². The molecule has 0 aromatic heterocycles. The molecule has 2 aliphatic rings. The van der Waals surface area contributed by atoms with E-state index in [9.17, 15) is 0 Å². The average molecular weight is 356 g/mol. The van der Waals surface area contributed by atoms with Crippen LogP contribution in [0.5, 0.6) is 0 Å². The number of thioether (sulfide) groups is 1. The third-order valence-electron chi connectivity index (χ3n) is 5.62. The standard InChI is InChI=1S/C19H37N3OS/c1-5-8-18(3)9-7-12-22(16-18)17(20-6-2)21-15-19(24-4)10-13-23-14-11-19/h5-16H2,1-4H3,(H,20,21). The number of guanidine groups is 1. The van der Waals surface area contributed by atoms with Gasteiger partial charge in [0.05, 0.1) is 6.54 Å². The van der Waals surface area contributed by atoms with E-state index in [4.69, 9.17) is 9.73 Å². The Morgan fingerprint density at radius 1 is 1.25 bits per heavy atom. The fraction of sp³-hybridized carbons (Fsp3) is 0.947. The molecule has 2 fully saturated rings. The quantitative estimate of drug-likeness (QED) is 0.581. The van der Waals surface area contributed by atoms with Crippen molar-refractivity contribution in [1.29, 1.82) is 0 Å². The molecule has 0 amide bonds. The maximum absolute atomic E-state index is 5.56. The van der Waals surface area contributed by atoms with Crippen LogP contribution in [0, 0.1) is 5.41 Å². The van der Waals surface area contributed by atoms with Gasteiger partial charge in [-0.1, -0.05) is 20.3 Å². The zero-order valence-corrected chi connectivity index (χ0v) is 17.0. The van der Waals surface area contributed by atoms with E-state index < -0.39 is 0 Å². The number of hydrogen-bond donors (Lipinski definition) is 1. The van der Waals surface area contributed by atoms with Gasteiger partial charge in [-0.05, 0) is 50.7 Å². The second-order valence-corrected chi connectivity index (χ2v) is 9.03. The first-order valence-corrected chi connectivity index (χ1v) is 10.9. The monoisotopic (exact) mass is 355 g/mol. The van der Waals surface area contributed by atoms with Crippen LogP contribution in [-0.4, -0.2) is 61.3 Å². The van der Waals surface area contributed by atoms with Crippen LogP contribution in [0.3, 0.4) is 0 Å². The Morgan fingerprint density at radius 2 is 2.00 bits per heavy atom. The third kappa shape index (κ3) is 5.29. The molecule has 1 unspecified atom stereocenters. The first kappa shape index (κ1) is 19.9. The largest absolute Gasteiger partial charge is 0.381 e. The van der Waals surface area contributed by atoms with Crippen LogP contribution in [-0.2, 0) is 4.74 Å². The van der Waals surface area contributed by atoms with Gasteiger partial charge in [0.25, 0.3) is 0 Å². The van der Waals surface area contributed by atoms with E-state index in [0.29, 0.717) is 5.41 Å². The molecule has 5 heteroatoms. The third-order valence-corrected chi connectivity index (χ3v) is 7.03. The van der Waals surface area contributed by atoms with Gasteiger partial charge in [0, 0.05) is 37.6 Å². The molecule has 0 aromatic rings. The maximum Gasteiger partial charge on any atom is 0.193 e. The lowest BCUT2D eigenvalue weighted by Gasteiger charge is -2.42. The van der Waals surface area contributed by atoms with Crippen LogP contribution in [0.15, 0.2) is 4.99 Å². The van der Waals surface area contributed by atoms with Crippen LogP contribution >= 0.6 is 11.8 Å². The minimum atomic E-state index is 0.265. The van der Waals surface area contributed by atoms with Crippen molar-refractivity contribution in [3.05, 3.63) is 0 Å². The number of piperidine rings is 1. The number of hydrogen-bond acceptors (Lipinski definition) is 3. The Balaban J connectivity index is 2.06. The maximum atomic E-state index is 5.56. The van der Waals surface area contributed by atoms with Crippen LogP contribution in [0.2, 0.25) is 0 Å². The lowest BCUT2D eigenvalue weighted by atomic mass is 9.78. The summed E-state index contributed by atoms with van der Waals surface area (Å²) in [4.78, 5) is 7.59. The summed E-state index contributed by atoms with van der Waals surface area (Å²) in [6.45, 7) is 12.8. The molecule has 0 radical (unpaired) electrons. The van der Waals surface area contributed by atoms with Gasteiger partial charge in [0.2, 0.25) is 0 Å². The molecule has 0 spiro atoms. The number of rotatable bonds is 6. The first-order valence-electron chi connectivity index (χ1n) is 9.72. The van der Waals surface area contributed by atoms with Gasteiger partial charge in [-0.3, -0.25) is 4.99 Å². The zero-order chi connectivity index (χ0) is 17.5. The number of nitrogens with zero attached hydrogens (tertiary/aromatic N) is 2. The molecule has 0 saturated carbocycles. The Labute approximate surface area is 153 Å². The SMILES string of the molecule is CCCC1(C)CCCN(C(=NCC2(SC)CCOCC2)NCC)C1. The van der Waals surface area contributed by atoms with Gasteiger partial charge < -0.3 is 15.0 Å². The molecule has 2 saturated heterocycles. The Hall–Kier alpha value is -0.420. The van der Waals surface area contributed by atoms with Crippen LogP contribution in [0.25, 0.3) is 0 Å². The van der Waals surface area contributed by atoms with Crippen molar-refractivity contribution in [3.8, 4) is 0 Å². The van der Waals surface area contributed by atoms with Crippen molar-refractivity contribution in [1.82, 2.24) is 10.2 Å². The van der Waals surface area contributed by atoms with Gasteiger partial charge >= 0.3 is 0 Å². The van der Waals surface area contributed by atoms with Gasteiger partial charge in [-0.25, -0.2) is 0 Å². The summed E-state index contributed by atoms with van der Waals surface area (Å²) < 4.78 is 5.83. The Morgan fingerprint density at radius 3 is 2.62 bits per heavy atom. The van der Waals surface area contributed by atoms with E-state index >= 15 is 0 Å². The summed E-state index contributed by atoms with van der Waals surface area (Å²) in [5, 5.41) is 3.55. The average Bonchev–Trinajstić information content (AvgIpc) is 2.59. The summed E-state index contributed by atoms with van der Waals surface area (Å²) in [7, 11) is 0. The molecule has 140 valence electrons. The van der Waals surface area contributed by atoms with Crippen molar-refractivity contribution in [2.45, 2.75) is 64.0 Å². The fourth-order valence-corrected chi connectivity index (χ4v) is 4.89. The molecule has 4 nitrogen and oxygen atoms in total. The van der Waals surface area contributed by atoms with E-state index in [0.717, 1.165) is 58.2 Å². The second kappa shape index (κ2) is 9.33. The minimum absolute atomic E-state index is 0.265. The van der Waals surface area contributed by atoms with Gasteiger partial charge in [-0.2, -0.15) is 11.8 Å². The molecule has 1 N–H and O–H groups in total. The number of nitrogens with one attached hydrogen (secondary N) is 1. The zero-order valence-electron chi connectivity index (χ0n) is 16.2. The highest BCUT2D eigenvalue weighted by Gasteiger charge is 2.34. The summed E-state index contributed by atoms with van der Waals surface area (Å²) >= 11 is 1.97. The van der Waals surface area contributed by atoms with E-state index in [1.165, 1.54) is 25.7 Å². The highest BCUT2D eigenvalue weighted by molar-refractivity contribution is 8.00. The second-order valence-electron chi connectivity index (χ2n) is 7.76. The molecule has 2 aliphatic heterocycles. The number of likely N-dealkylation sites (tertiary alicyclic amines) is 1. The van der Waals surface area contributed by atoms with Crippen molar-refractivity contribution >= 4 is 17.7 Å². The number of aliphatic imine (C=N–C) groups is 1. The molecule has 1 atom stereocenters. The van der Waals surface area contributed by atoms with Crippen molar-refractivity contribution in [2.75, 3.05) is 45.6 Å².